The standard InChI is InChI=1S/C19H22N6O4S2/c1-6-29-17(28)13-11(4)14(15(27)20-5)31-16(13)22-12(26)8-30-19-23-18-21-9(2)7-10(3)25(18)24-19/h7H,6,8H2,1-5H3,(H,20,27)(H,22,26). The Hall–Kier alpha value is -2.99. The van der Waals surface area contributed by atoms with Gasteiger partial charge in [-0.05, 0) is 39.3 Å². The minimum atomic E-state index is -0.590. The Labute approximate surface area is 186 Å². The first-order valence-electron chi connectivity index (χ1n) is 9.41. The molecule has 0 saturated carbocycles. The van der Waals surface area contributed by atoms with E-state index in [0.29, 0.717) is 21.4 Å². The van der Waals surface area contributed by atoms with Crippen molar-refractivity contribution in [3.63, 3.8) is 0 Å². The zero-order valence-corrected chi connectivity index (χ0v) is 19.4. The number of fused-ring (bicyclic) bond motifs is 1. The topological polar surface area (TPSA) is 128 Å². The monoisotopic (exact) mass is 462 g/mol. The molecule has 0 aliphatic heterocycles. The molecular formula is C19H22N6O4S2. The number of nitrogens with zero attached hydrogens (tertiary/aromatic N) is 4. The number of aryl methyl sites for hydroxylation is 2. The second kappa shape index (κ2) is 9.43. The summed E-state index contributed by atoms with van der Waals surface area (Å²) in [7, 11) is 1.50. The minimum Gasteiger partial charge on any atom is -0.462 e. The summed E-state index contributed by atoms with van der Waals surface area (Å²) in [5, 5.41) is 10.3. The number of hydrogen-bond acceptors (Lipinski definition) is 9. The van der Waals surface area contributed by atoms with Crippen molar-refractivity contribution >= 4 is 51.7 Å². The van der Waals surface area contributed by atoms with Gasteiger partial charge in [0.05, 0.1) is 22.8 Å². The van der Waals surface area contributed by atoms with E-state index in [0.717, 1.165) is 34.5 Å². The molecule has 0 saturated heterocycles. The maximum Gasteiger partial charge on any atom is 0.341 e. The number of thiophene rings is 1. The van der Waals surface area contributed by atoms with Gasteiger partial charge in [0.25, 0.3) is 11.7 Å². The van der Waals surface area contributed by atoms with Gasteiger partial charge in [-0.2, -0.15) is 4.98 Å². The highest BCUT2D eigenvalue weighted by molar-refractivity contribution is 7.99. The molecule has 164 valence electrons. The predicted molar refractivity (Wildman–Crippen MR) is 118 cm³/mol. The van der Waals surface area contributed by atoms with E-state index in [1.165, 1.54) is 7.05 Å². The molecule has 3 aromatic heterocycles. The Morgan fingerprint density at radius 1 is 1.23 bits per heavy atom. The van der Waals surface area contributed by atoms with Gasteiger partial charge in [-0.1, -0.05) is 11.8 Å². The van der Waals surface area contributed by atoms with Crippen molar-refractivity contribution in [3.8, 4) is 0 Å². The average Bonchev–Trinajstić information content (AvgIpc) is 3.26. The molecule has 0 aliphatic carbocycles. The number of aromatic nitrogens is 4. The van der Waals surface area contributed by atoms with Crippen LogP contribution in [0.1, 0.15) is 43.9 Å². The lowest BCUT2D eigenvalue weighted by atomic mass is 10.1. The van der Waals surface area contributed by atoms with E-state index >= 15 is 0 Å². The molecule has 0 spiro atoms. The minimum absolute atomic E-state index is 0.0173. The third-order valence-electron chi connectivity index (χ3n) is 4.24. The first kappa shape index (κ1) is 22.7. The van der Waals surface area contributed by atoms with Gasteiger partial charge in [-0.25, -0.2) is 14.3 Å². The number of esters is 1. The Kier molecular flexibility index (Phi) is 6.91. The van der Waals surface area contributed by atoms with E-state index < -0.39 is 5.97 Å². The number of rotatable bonds is 7. The molecule has 0 radical (unpaired) electrons. The Balaban J connectivity index is 1.77. The second-order valence-electron chi connectivity index (χ2n) is 6.54. The van der Waals surface area contributed by atoms with E-state index in [4.69, 9.17) is 4.74 Å². The van der Waals surface area contributed by atoms with Crippen LogP contribution in [-0.2, 0) is 9.53 Å². The summed E-state index contributed by atoms with van der Waals surface area (Å²) >= 11 is 2.18. The van der Waals surface area contributed by atoms with Crippen LogP contribution in [0.5, 0.6) is 0 Å². The molecular weight excluding hydrogens is 440 g/mol. The highest BCUT2D eigenvalue weighted by Crippen LogP contribution is 2.34. The summed E-state index contributed by atoms with van der Waals surface area (Å²) in [4.78, 5) is 46.1. The maximum absolute atomic E-state index is 12.6. The van der Waals surface area contributed by atoms with Crippen LogP contribution in [0.15, 0.2) is 11.2 Å². The van der Waals surface area contributed by atoms with Gasteiger partial charge in [-0.3, -0.25) is 9.59 Å². The van der Waals surface area contributed by atoms with Crippen molar-refractivity contribution in [3.05, 3.63) is 33.5 Å². The lowest BCUT2D eigenvalue weighted by Gasteiger charge is -2.06. The molecule has 12 heteroatoms. The van der Waals surface area contributed by atoms with Gasteiger partial charge in [0.1, 0.15) is 5.00 Å². The molecule has 0 bridgehead atoms. The van der Waals surface area contributed by atoms with Gasteiger partial charge < -0.3 is 15.4 Å². The summed E-state index contributed by atoms with van der Waals surface area (Å²) < 4.78 is 6.71. The van der Waals surface area contributed by atoms with Gasteiger partial charge >= 0.3 is 5.97 Å². The predicted octanol–water partition coefficient (Wildman–Crippen LogP) is 2.38. The van der Waals surface area contributed by atoms with E-state index in [1.54, 1.807) is 18.4 Å². The number of thioether (sulfide) groups is 1. The van der Waals surface area contributed by atoms with E-state index in [9.17, 15) is 14.4 Å². The van der Waals surface area contributed by atoms with Gasteiger partial charge in [0.2, 0.25) is 11.1 Å². The van der Waals surface area contributed by atoms with Crippen LogP contribution < -0.4 is 10.6 Å². The summed E-state index contributed by atoms with van der Waals surface area (Å²) in [6.45, 7) is 7.29. The van der Waals surface area contributed by atoms with Crippen LogP contribution in [0, 0.1) is 20.8 Å². The smallest absolute Gasteiger partial charge is 0.341 e. The van der Waals surface area contributed by atoms with Gasteiger partial charge in [0, 0.05) is 18.4 Å². The molecule has 31 heavy (non-hydrogen) atoms. The molecule has 0 aromatic carbocycles. The van der Waals surface area contributed by atoms with Crippen molar-refractivity contribution in [2.45, 2.75) is 32.9 Å². The highest BCUT2D eigenvalue weighted by atomic mass is 32.2. The lowest BCUT2D eigenvalue weighted by molar-refractivity contribution is -0.113. The van der Waals surface area contributed by atoms with Crippen LogP contribution in [0.3, 0.4) is 0 Å². The molecule has 3 heterocycles. The molecule has 3 aromatic rings. The summed E-state index contributed by atoms with van der Waals surface area (Å²) in [6, 6.07) is 1.89. The van der Waals surface area contributed by atoms with Crippen molar-refractivity contribution in [1.82, 2.24) is 24.9 Å². The van der Waals surface area contributed by atoms with Crippen molar-refractivity contribution in [2.24, 2.45) is 0 Å². The van der Waals surface area contributed by atoms with E-state index in [-0.39, 0.29) is 34.7 Å². The third kappa shape index (κ3) is 4.85. The molecule has 0 unspecified atom stereocenters. The average molecular weight is 463 g/mol. The van der Waals surface area contributed by atoms with Crippen LogP contribution in [0.25, 0.3) is 5.78 Å². The summed E-state index contributed by atoms with van der Waals surface area (Å²) in [5.74, 6) is -0.805. The SMILES string of the molecule is CCOC(=O)c1c(NC(=O)CSc2nc3nc(C)cc(C)n3n2)sc(C(=O)NC)c1C. The molecule has 0 fully saturated rings. The Morgan fingerprint density at radius 2 is 1.97 bits per heavy atom. The number of hydrogen-bond donors (Lipinski definition) is 2. The van der Waals surface area contributed by atoms with E-state index in [1.807, 2.05) is 19.9 Å². The normalized spacial score (nSPS) is 10.9. The highest BCUT2D eigenvalue weighted by Gasteiger charge is 2.26. The number of ether oxygens (including phenoxy) is 1. The molecule has 10 nitrogen and oxygen atoms in total. The number of amides is 2. The maximum atomic E-state index is 12.6. The third-order valence-corrected chi connectivity index (χ3v) is 6.29. The first-order chi connectivity index (χ1) is 14.7. The molecule has 0 aliphatic rings. The number of carbonyl (C=O) groups excluding carboxylic acids is 3. The summed E-state index contributed by atoms with van der Waals surface area (Å²) in [6.07, 6.45) is 0. The number of anilines is 1. The van der Waals surface area contributed by atoms with Crippen LogP contribution in [0.2, 0.25) is 0 Å². The molecule has 2 N–H and O–H groups in total. The number of carbonyl (C=O) groups is 3. The van der Waals surface area contributed by atoms with Gasteiger partial charge in [0.15, 0.2) is 0 Å². The molecule has 3 rings (SSSR count). The second-order valence-corrected chi connectivity index (χ2v) is 8.50. The zero-order valence-electron chi connectivity index (χ0n) is 17.7. The fourth-order valence-corrected chi connectivity index (χ4v) is 4.66. The number of nitrogens with one attached hydrogen (secondary N) is 2. The lowest BCUT2D eigenvalue weighted by Crippen LogP contribution is -2.18. The fourth-order valence-electron chi connectivity index (χ4n) is 2.88. The van der Waals surface area contributed by atoms with E-state index in [2.05, 4.69) is 25.7 Å². The largest absolute Gasteiger partial charge is 0.462 e. The van der Waals surface area contributed by atoms with Crippen molar-refractivity contribution in [1.29, 1.82) is 0 Å². The van der Waals surface area contributed by atoms with Gasteiger partial charge in [-0.15, -0.1) is 16.4 Å². The fraction of sp³-hybridized carbons (Fsp3) is 0.368. The molecule has 0 atom stereocenters. The van der Waals surface area contributed by atoms with Crippen molar-refractivity contribution in [2.75, 3.05) is 24.7 Å². The quantitative estimate of drug-likeness (QED) is 0.405. The zero-order chi connectivity index (χ0) is 22.7. The molecule has 2 amide bonds. The Morgan fingerprint density at radius 3 is 2.65 bits per heavy atom. The summed E-state index contributed by atoms with van der Waals surface area (Å²) in [5.41, 5.74) is 2.37. The van der Waals surface area contributed by atoms with Crippen LogP contribution in [-0.4, -0.2) is 56.8 Å². The first-order valence-corrected chi connectivity index (χ1v) is 11.2. The van der Waals surface area contributed by atoms with Crippen molar-refractivity contribution < 1.29 is 19.1 Å². The van der Waals surface area contributed by atoms with Crippen LogP contribution in [0.4, 0.5) is 5.00 Å². The van der Waals surface area contributed by atoms with Crippen LogP contribution >= 0.6 is 23.1 Å². The Bertz CT molecular complexity index is 1170.